The molecule has 0 aliphatic heterocycles. The predicted octanol–water partition coefficient (Wildman–Crippen LogP) is 7.22. The third-order valence-electron chi connectivity index (χ3n) is 6.26. The van der Waals surface area contributed by atoms with Crippen LogP contribution in [0.5, 0.6) is 5.75 Å². The summed E-state index contributed by atoms with van der Waals surface area (Å²) >= 11 is 8.30. The lowest BCUT2D eigenvalue weighted by atomic mass is 10.0. The molecule has 0 aliphatic rings. The molecule has 3 aromatic carbocycles. The molecule has 190 valence electrons. The fourth-order valence-corrected chi connectivity index (χ4v) is 5.78. The van der Waals surface area contributed by atoms with E-state index in [0.29, 0.717) is 13.2 Å². The van der Waals surface area contributed by atoms with Gasteiger partial charge in [0.05, 0.1) is 23.7 Å². The maximum Gasteiger partial charge on any atom is 0.138 e. The Kier molecular flexibility index (Phi) is 8.43. The van der Waals surface area contributed by atoms with Crippen molar-refractivity contribution in [3.63, 3.8) is 0 Å². The minimum absolute atomic E-state index is 0.609. The quantitative estimate of drug-likeness (QED) is 0.126. The van der Waals surface area contributed by atoms with Crippen molar-refractivity contribution in [3.8, 4) is 11.4 Å². The number of thioether (sulfide) groups is 1. The molecule has 0 saturated heterocycles. The average Bonchev–Trinajstić information content (AvgIpc) is 3.59. The summed E-state index contributed by atoms with van der Waals surface area (Å²) < 4.78 is 10.2. The van der Waals surface area contributed by atoms with Crippen LogP contribution in [-0.4, -0.2) is 37.1 Å². The Morgan fingerprint density at radius 1 is 1.00 bits per heavy atom. The van der Waals surface area contributed by atoms with E-state index in [9.17, 15) is 0 Å². The van der Waals surface area contributed by atoms with Crippen molar-refractivity contribution in [1.82, 2.24) is 24.8 Å². The van der Waals surface area contributed by atoms with Crippen LogP contribution >= 0.6 is 23.4 Å². The van der Waals surface area contributed by atoms with Gasteiger partial charge in [-0.2, -0.15) is 0 Å². The zero-order valence-corrected chi connectivity index (χ0v) is 22.5. The van der Waals surface area contributed by atoms with Crippen LogP contribution in [0, 0.1) is 0 Å². The van der Waals surface area contributed by atoms with Gasteiger partial charge in [0, 0.05) is 27.7 Å². The molecule has 8 heteroatoms. The van der Waals surface area contributed by atoms with E-state index in [2.05, 4.69) is 87.8 Å². The maximum atomic E-state index is 6.52. The lowest BCUT2D eigenvalue weighted by Gasteiger charge is -2.14. The van der Waals surface area contributed by atoms with Gasteiger partial charge in [0.1, 0.15) is 12.1 Å². The van der Waals surface area contributed by atoms with E-state index in [1.807, 2.05) is 12.1 Å². The first kappa shape index (κ1) is 25.4. The minimum Gasteiger partial charge on any atom is -0.493 e. The predicted molar refractivity (Wildman–Crippen MR) is 151 cm³/mol. The van der Waals surface area contributed by atoms with Gasteiger partial charge in [-0.15, -0.1) is 16.9 Å². The molecule has 6 nitrogen and oxygen atoms in total. The van der Waals surface area contributed by atoms with Crippen LogP contribution < -0.4 is 4.74 Å². The molecule has 0 radical (unpaired) electrons. The minimum atomic E-state index is 0.609. The number of para-hydroxylation sites is 1. The van der Waals surface area contributed by atoms with Crippen LogP contribution in [0.2, 0.25) is 5.02 Å². The number of hydrogen-bond acceptors (Lipinski definition) is 5. The van der Waals surface area contributed by atoms with Crippen LogP contribution in [0.4, 0.5) is 0 Å². The molecule has 0 atom stereocenters. The highest BCUT2D eigenvalue weighted by Gasteiger charge is 2.12. The van der Waals surface area contributed by atoms with Crippen molar-refractivity contribution >= 4 is 34.3 Å². The number of fused-ring (bicyclic) bond motifs is 1. The van der Waals surface area contributed by atoms with Gasteiger partial charge in [-0.3, -0.25) is 0 Å². The van der Waals surface area contributed by atoms with Gasteiger partial charge in [-0.25, -0.2) is 4.68 Å². The maximum absolute atomic E-state index is 6.52. The van der Waals surface area contributed by atoms with Crippen molar-refractivity contribution in [2.45, 2.75) is 44.0 Å². The Balaban J connectivity index is 1.14. The first-order chi connectivity index (χ1) is 18.2. The Morgan fingerprint density at radius 2 is 1.89 bits per heavy atom. The largest absolute Gasteiger partial charge is 0.493 e. The monoisotopic (exact) mass is 531 g/mol. The number of aromatic nitrogens is 5. The molecule has 0 aliphatic carbocycles. The van der Waals surface area contributed by atoms with E-state index >= 15 is 0 Å². The summed E-state index contributed by atoms with van der Waals surface area (Å²) in [5.74, 6) is 2.00. The van der Waals surface area contributed by atoms with Crippen molar-refractivity contribution in [1.29, 1.82) is 0 Å². The van der Waals surface area contributed by atoms with E-state index in [1.165, 1.54) is 22.2 Å². The number of unbranched alkanes of at least 4 members (excludes halogenated alkanes) is 1. The van der Waals surface area contributed by atoms with Crippen molar-refractivity contribution in [2.24, 2.45) is 0 Å². The second kappa shape index (κ2) is 12.3. The molecule has 0 amide bonds. The van der Waals surface area contributed by atoms with Gasteiger partial charge < -0.3 is 9.30 Å². The van der Waals surface area contributed by atoms with Crippen molar-refractivity contribution in [3.05, 3.63) is 95.4 Å². The molecule has 0 N–H and O–H groups in total. The standard InChI is InChI=1S/C29H30ClN5OS/c1-2-8-25-24-15-16-35(23-9-4-3-5-10-23)27(24)12-13-28(25)36-17-6-7-18-37-29-14-11-22(19-26(29)30)20-34-21-31-32-33-34/h3-5,9-16,19,21H,2,6-8,17-18,20H2,1H3. The summed E-state index contributed by atoms with van der Waals surface area (Å²) in [6.07, 6.45) is 7.90. The summed E-state index contributed by atoms with van der Waals surface area (Å²) in [6.45, 7) is 3.54. The molecule has 0 saturated carbocycles. The molecule has 5 rings (SSSR count). The average molecular weight is 532 g/mol. The van der Waals surface area contributed by atoms with Gasteiger partial charge in [0.25, 0.3) is 0 Å². The van der Waals surface area contributed by atoms with E-state index in [4.69, 9.17) is 16.3 Å². The van der Waals surface area contributed by atoms with Gasteiger partial charge >= 0.3 is 0 Å². The molecular weight excluding hydrogens is 502 g/mol. The third-order valence-corrected chi connectivity index (χ3v) is 7.85. The van der Waals surface area contributed by atoms with Crippen molar-refractivity contribution < 1.29 is 4.74 Å². The topological polar surface area (TPSA) is 57.8 Å². The SMILES string of the molecule is CCCc1c(OCCCCSc2ccc(Cn3cnnn3)cc2Cl)ccc2c1ccn2-c1ccccc1. The molecule has 37 heavy (non-hydrogen) atoms. The molecule has 0 unspecified atom stereocenters. The van der Waals surface area contributed by atoms with Crippen LogP contribution in [0.15, 0.2) is 84.1 Å². The number of nitrogens with zero attached hydrogens (tertiary/aromatic N) is 5. The highest BCUT2D eigenvalue weighted by atomic mass is 35.5. The van der Waals surface area contributed by atoms with E-state index in [0.717, 1.165) is 52.7 Å². The second-order valence-electron chi connectivity index (χ2n) is 8.92. The summed E-state index contributed by atoms with van der Waals surface area (Å²) in [5.41, 5.74) is 4.78. The van der Waals surface area contributed by atoms with Crippen LogP contribution in [-0.2, 0) is 13.0 Å². The Bertz CT molecular complexity index is 1440. The first-order valence-electron chi connectivity index (χ1n) is 12.7. The summed E-state index contributed by atoms with van der Waals surface area (Å²) in [7, 11) is 0. The number of tetrazole rings is 1. The highest BCUT2D eigenvalue weighted by Crippen LogP contribution is 2.32. The number of rotatable bonds is 12. The number of halogens is 1. The summed E-state index contributed by atoms with van der Waals surface area (Å²) in [6, 6.07) is 23.2. The summed E-state index contributed by atoms with van der Waals surface area (Å²) in [4.78, 5) is 1.10. The number of aryl methyl sites for hydroxylation is 1. The third kappa shape index (κ3) is 6.17. The fraction of sp³-hybridized carbons (Fsp3) is 0.276. The van der Waals surface area contributed by atoms with E-state index in [-0.39, 0.29) is 0 Å². The first-order valence-corrected chi connectivity index (χ1v) is 14.0. The normalized spacial score (nSPS) is 11.3. The van der Waals surface area contributed by atoms with Crippen molar-refractivity contribution in [2.75, 3.05) is 12.4 Å². The molecule has 2 heterocycles. The summed E-state index contributed by atoms with van der Waals surface area (Å²) in [5, 5.41) is 13.3. The highest BCUT2D eigenvalue weighted by molar-refractivity contribution is 7.99. The van der Waals surface area contributed by atoms with E-state index in [1.54, 1.807) is 22.8 Å². The molecule has 2 aromatic heterocycles. The lowest BCUT2D eigenvalue weighted by molar-refractivity contribution is 0.307. The van der Waals surface area contributed by atoms with Gasteiger partial charge in [-0.1, -0.05) is 49.2 Å². The molecule has 0 spiro atoms. The van der Waals surface area contributed by atoms with Gasteiger partial charge in [0.2, 0.25) is 0 Å². The van der Waals surface area contributed by atoms with Crippen LogP contribution in [0.25, 0.3) is 16.6 Å². The van der Waals surface area contributed by atoms with Gasteiger partial charge in [0.15, 0.2) is 0 Å². The molecule has 0 fully saturated rings. The molecule has 5 aromatic rings. The number of benzene rings is 3. The Morgan fingerprint density at radius 3 is 2.68 bits per heavy atom. The van der Waals surface area contributed by atoms with Gasteiger partial charge in [-0.05, 0) is 83.5 Å². The second-order valence-corrected chi connectivity index (χ2v) is 10.5. The van der Waals surface area contributed by atoms with E-state index < -0.39 is 0 Å². The molecule has 0 bridgehead atoms. The fourth-order valence-electron chi connectivity index (χ4n) is 4.48. The molecular formula is C29H30ClN5OS. The zero-order chi connectivity index (χ0) is 25.5. The smallest absolute Gasteiger partial charge is 0.138 e. The van der Waals surface area contributed by atoms with Crippen LogP contribution in [0.1, 0.15) is 37.3 Å². The lowest BCUT2D eigenvalue weighted by Crippen LogP contribution is -2.02. The zero-order valence-electron chi connectivity index (χ0n) is 20.9. The number of hydrogen-bond donors (Lipinski definition) is 0. The van der Waals surface area contributed by atoms with Crippen LogP contribution in [0.3, 0.4) is 0 Å². The Labute approximate surface area is 226 Å². The number of ether oxygens (including phenoxy) is 1. The Hall–Kier alpha value is -3.29.